The Morgan fingerprint density at radius 1 is 0.938 bits per heavy atom. The molecule has 1 aliphatic rings. The van der Waals surface area contributed by atoms with Crippen molar-refractivity contribution in [2.45, 2.75) is 38.8 Å². The van der Waals surface area contributed by atoms with Crippen LogP contribution in [0.4, 0.5) is 10.5 Å². The molecule has 1 unspecified atom stereocenters. The number of rotatable bonds is 5. The number of anilines is 1. The van der Waals surface area contributed by atoms with Crippen molar-refractivity contribution < 1.29 is 9.59 Å². The van der Waals surface area contributed by atoms with Crippen molar-refractivity contribution in [1.82, 2.24) is 10.2 Å². The third-order valence-electron chi connectivity index (χ3n) is 5.84. The zero-order valence-electron chi connectivity index (χ0n) is 18.4. The fourth-order valence-corrected chi connectivity index (χ4v) is 4.09. The molecule has 3 amide bonds. The smallest absolute Gasteiger partial charge is 0.319 e. The summed E-state index contributed by atoms with van der Waals surface area (Å²) in [4.78, 5) is 27.9. The highest BCUT2D eigenvalue weighted by Crippen LogP contribution is 2.27. The van der Waals surface area contributed by atoms with Gasteiger partial charge >= 0.3 is 6.03 Å². The van der Waals surface area contributed by atoms with Gasteiger partial charge in [-0.2, -0.15) is 0 Å². The second-order valence-corrected chi connectivity index (χ2v) is 8.30. The number of hydrogen-bond acceptors (Lipinski definition) is 2. The van der Waals surface area contributed by atoms with Crippen LogP contribution in [0.3, 0.4) is 0 Å². The van der Waals surface area contributed by atoms with Gasteiger partial charge in [-0.15, -0.1) is 0 Å². The molecule has 0 saturated carbocycles. The van der Waals surface area contributed by atoms with Crippen LogP contribution in [0.25, 0.3) is 11.1 Å². The molecular formula is C27H29N3O2. The molecule has 32 heavy (non-hydrogen) atoms. The van der Waals surface area contributed by atoms with Crippen LogP contribution in [0.1, 0.15) is 30.4 Å². The first-order chi connectivity index (χ1) is 15.6. The van der Waals surface area contributed by atoms with Gasteiger partial charge < -0.3 is 15.5 Å². The summed E-state index contributed by atoms with van der Waals surface area (Å²) in [5.41, 5.74) is 4.98. The average molecular weight is 428 g/mol. The van der Waals surface area contributed by atoms with E-state index < -0.39 is 6.04 Å². The van der Waals surface area contributed by atoms with Crippen molar-refractivity contribution in [2.75, 3.05) is 11.9 Å². The highest BCUT2D eigenvalue weighted by molar-refractivity contribution is 5.97. The summed E-state index contributed by atoms with van der Waals surface area (Å²) in [5, 5.41) is 5.87. The molecule has 3 aromatic carbocycles. The summed E-state index contributed by atoms with van der Waals surface area (Å²) >= 11 is 0. The molecule has 164 valence electrons. The summed E-state index contributed by atoms with van der Waals surface area (Å²) in [5.74, 6) is -0.0189. The molecule has 0 spiro atoms. The van der Waals surface area contributed by atoms with Crippen LogP contribution in [-0.4, -0.2) is 29.4 Å². The molecule has 1 saturated heterocycles. The second kappa shape index (κ2) is 10.1. The maximum absolute atomic E-state index is 13.2. The topological polar surface area (TPSA) is 61.4 Å². The van der Waals surface area contributed by atoms with Crippen LogP contribution < -0.4 is 10.6 Å². The van der Waals surface area contributed by atoms with E-state index in [1.54, 1.807) is 0 Å². The molecule has 4 rings (SSSR count). The lowest BCUT2D eigenvalue weighted by molar-refractivity contribution is -0.133. The van der Waals surface area contributed by atoms with Gasteiger partial charge in [0.05, 0.1) is 5.69 Å². The largest absolute Gasteiger partial charge is 0.337 e. The minimum absolute atomic E-state index is 0.0189. The number of nitrogens with zero attached hydrogens (tertiary/aromatic N) is 1. The van der Waals surface area contributed by atoms with E-state index in [1.165, 1.54) is 5.56 Å². The van der Waals surface area contributed by atoms with Crippen LogP contribution >= 0.6 is 0 Å². The Morgan fingerprint density at radius 3 is 2.44 bits per heavy atom. The summed E-state index contributed by atoms with van der Waals surface area (Å²) in [6.45, 7) is 3.33. The van der Waals surface area contributed by atoms with Gasteiger partial charge in [0.25, 0.3) is 0 Å². The first kappa shape index (κ1) is 21.6. The molecular weight excluding hydrogens is 398 g/mol. The van der Waals surface area contributed by atoms with Crippen molar-refractivity contribution in [3.63, 3.8) is 0 Å². The van der Waals surface area contributed by atoms with E-state index in [0.717, 1.165) is 29.5 Å². The van der Waals surface area contributed by atoms with Crippen molar-refractivity contribution >= 4 is 17.6 Å². The van der Waals surface area contributed by atoms with E-state index in [0.29, 0.717) is 25.2 Å². The summed E-state index contributed by atoms with van der Waals surface area (Å²) in [6.07, 6.45) is 2.49. The molecule has 0 radical (unpaired) electrons. The van der Waals surface area contributed by atoms with Crippen LogP contribution in [0.15, 0.2) is 78.9 Å². The van der Waals surface area contributed by atoms with Crippen LogP contribution in [0.5, 0.6) is 0 Å². The van der Waals surface area contributed by atoms with Crippen LogP contribution in [-0.2, 0) is 11.3 Å². The van der Waals surface area contributed by atoms with Gasteiger partial charge in [-0.3, -0.25) is 4.79 Å². The highest BCUT2D eigenvalue weighted by Gasteiger charge is 2.28. The van der Waals surface area contributed by atoms with E-state index in [2.05, 4.69) is 41.8 Å². The number of nitrogens with one attached hydrogen (secondary N) is 2. The fourth-order valence-electron chi connectivity index (χ4n) is 4.09. The van der Waals surface area contributed by atoms with Gasteiger partial charge in [-0.1, -0.05) is 78.4 Å². The molecule has 0 aliphatic carbocycles. The number of urea groups is 1. The first-order valence-electron chi connectivity index (χ1n) is 11.2. The number of para-hydroxylation sites is 1. The number of carbonyl (C=O) groups is 2. The molecule has 3 aromatic rings. The lowest BCUT2D eigenvalue weighted by atomic mass is 10.0. The van der Waals surface area contributed by atoms with Crippen molar-refractivity contribution in [2.24, 2.45) is 0 Å². The SMILES string of the molecule is Cc1ccc(CN2CCCCC(NC(=O)Nc3ccccc3-c3ccccc3)C2=O)cc1. The minimum Gasteiger partial charge on any atom is -0.337 e. The van der Waals surface area contributed by atoms with E-state index in [-0.39, 0.29) is 11.9 Å². The zero-order chi connectivity index (χ0) is 22.3. The standard InChI is InChI=1S/C27H29N3O2/c1-20-14-16-21(17-15-20)19-30-18-8-7-13-25(26(30)31)29-27(32)28-24-12-6-5-11-23(24)22-9-3-2-4-10-22/h2-6,9-12,14-17,25H,7-8,13,18-19H2,1H3,(H2,28,29,32). The van der Waals surface area contributed by atoms with Crippen LogP contribution in [0, 0.1) is 6.92 Å². The van der Waals surface area contributed by atoms with E-state index in [9.17, 15) is 9.59 Å². The van der Waals surface area contributed by atoms with Gasteiger partial charge in [0.15, 0.2) is 0 Å². The van der Waals surface area contributed by atoms with E-state index in [4.69, 9.17) is 0 Å². The molecule has 1 fully saturated rings. The third-order valence-corrected chi connectivity index (χ3v) is 5.84. The minimum atomic E-state index is -0.521. The molecule has 0 aromatic heterocycles. The van der Waals surface area contributed by atoms with E-state index >= 15 is 0 Å². The van der Waals surface area contributed by atoms with Crippen molar-refractivity contribution in [3.8, 4) is 11.1 Å². The molecule has 0 bridgehead atoms. The Bertz CT molecular complexity index is 1060. The van der Waals surface area contributed by atoms with Crippen molar-refractivity contribution in [3.05, 3.63) is 90.0 Å². The quantitative estimate of drug-likeness (QED) is 0.575. The van der Waals surface area contributed by atoms with Gasteiger partial charge in [-0.25, -0.2) is 4.79 Å². The fraction of sp³-hybridized carbons (Fsp3) is 0.259. The van der Waals surface area contributed by atoms with E-state index in [1.807, 2.05) is 59.5 Å². The number of amides is 3. The number of carbonyl (C=O) groups excluding carboxylic acids is 2. The lowest BCUT2D eigenvalue weighted by Gasteiger charge is -2.25. The van der Waals surface area contributed by atoms with Crippen molar-refractivity contribution in [1.29, 1.82) is 0 Å². The Balaban J connectivity index is 1.43. The predicted molar refractivity (Wildman–Crippen MR) is 128 cm³/mol. The molecule has 5 nitrogen and oxygen atoms in total. The van der Waals surface area contributed by atoms with Gasteiger partial charge in [0, 0.05) is 18.7 Å². The number of benzene rings is 3. The Kier molecular flexibility index (Phi) is 6.85. The Morgan fingerprint density at radius 2 is 1.66 bits per heavy atom. The maximum atomic E-state index is 13.2. The molecule has 2 N–H and O–H groups in total. The summed E-state index contributed by atoms with van der Waals surface area (Å²) in [6, 6.07) is 25.0. The second-order valence-electron chi connectivity index (χ2n) is 8.30. The maximum Gasteiger partial charge on any atom is 0.319 e. The Labute approximate surface area is 189 Å². The molecule has 5 heteroatoms. The third kappa shape index (κ3) is 5.35. The molecule has 1 atom stereocenters. The summed E-state index contributed by atoms with van der Waals surface area (Å²) < 4.78 is 0. The molecule has 1 heterocycles. The normalized spacial score (nSPS) is 16.3. The number of hydrogen-bond donors (Lipinski definition) is 2. The number of aryl methyl sites for hydroxylation is 1. The Hall–Kier alpha value is -3.60. The monoisotopic (exact) mass is 427 g/mol. The number of likely N-dealkylation sites (tertiary alicyclic amines) is 1. The van der Waals surface area contributed by atoms with Crippen LogP contribution in [0.2, 0.25) is 0 Å². The van der Waals surface area contributed by atoms with Gasteiger partial charge in [0.2, 0.25) is 5.91 Å². The van der Waals surface area contributed by atoms with Gasteiger partial charge in [0.1, 0.15) is 6.04 Å². The first-order valence-corrected chi connectivity index (χ1v) is 11.2. The highest BCUT2D eigenvalue weighted by atomic mass is 16.2. The predicted octanol–water partition coefficient (Wildman–Crippen LogP) is 5.36. The average Bonchev–Trinajstić information content (AvgIpc) is 2.98. The molecule has 1 aliphatic heterocycles. The summed E-state index contributed by atoms with van der Waals surface area (Å²) in [7, 11) is 0. The zero-order valence-corrected chi connectivity index (χ0v) is 18.4. The van der Waals surface area contributed by atoms with Gasteiger partial charge in [-0.05, 0) is 43.4 Å². The lowest BCUT2D eigenvalue weighted by Crippen LogP contribution is -2.48.